The van der Waals surface area contributed by atoms with Crippen LogP contribution in [0, 0.1) is 5.92 Å². The molecule has 3 rings (SSSR count). The lowest BCUT2D eigenvalue weighted by Gasteiger charge is -2.10. The highest BCUT2D eigenvalue weighted by molar-refractivity contribution is 5.68. The highest BCUT2D eigenvalue weighted by atomic mass is 16.5. The predicted octanol–water partition coefficient (Wildman–Crippen LogP) is 4.45. The van der Waals surface area contributed by atoms with Crippen molar-refractivity contribution in [1.82, 2.24) is 9.78 Å². The molecule has 1 aromatic heterocycles. The van der Waals surface area contributed by atoms with E-state index in [-0.39, 0.29) is 5.75 Å². The maximum Gasteiger partial charge on any atom is 0.165 e. The summed E-state index contributed by atoms with van der Waals surface area (Å²) in [6, 6.07) is 17.5. The number of ether oxygens (including phenoxy) is 1. The number of nitrogens with zero attached hydrogens (tertiary/aromatic N) is 2. The maximum absolute atomic E-state index is 10.8. The Labute approximate surface area is 142 Å². The van der Waals surface area contributed by atoms with Crippen molar-refractivity contribution in [3.05, 3.63) is 60.3 Å². The standard InChI is InChI=1S/C20H22N2O2/c1-14(2)13-18-20(23)19(15-7-5-4-6-8-15)21-22(18)16-9-11-17(24-3)12-10-16/h4-12,14,23H,13H2,1-3H3. The second-order valence-electron chi connectivity index (χ2n) is 6.22. The largest absolute Gasteiger partial charge is 0.504 e. The fourth-order valence-electron chi connectivity index (χ4n) is 2.74. The van der Waals surface area contributed by atoms with Crippen LogP contribution >= 0.6 is 0 Å². The zero-order chi connectivity index (χ0) is 17.1. The van der Waals surface area contributed by atoms with Crippen molar-refractivity contribution in [3.8, 4) is 28.4 Å². The Morgan fingerprint density at radius 3 is 2.29 bits per heavy atom. The molecule has 3 aromatic rings. The Morgan fingerprint density at radius 1 is 1.04 bits per heavy atom. The van der Waals surface area contributed by atoms with Gasteiger partial charge >= 0.3 is 0 Å². The van der Waals surface area contributed by atoms with Crippen molar-refractivity contribution in [2.75, 3.05) is 7.11 Å². The van der Waals surface area contributed by atoms with Crippen LogP contribution in [-0.4, -0.2) is 22.0 Å². The molecule has 2 aromatic carbocycles. The second kappa shape index (κ2) is 6.79. The summed E-state index contributed by atoms with van der Waals surface area (Å²) in [5, 5.41) is 15.5. The van der Waals surface area contributed by atoms with Gasteiger partial charge in [-0.15, -0.1) is 0 Å². The lowest BCUT2D eigenvalue weighted by molar-refractivity contribution is 0.414. The van der Waals surface area contributed by atoms with Crippen LogP contribution in [0.4, 0.5) is 0 Å². The molecule has 4 nitrogen and oxygen atoms in total. The molecule has 0 saturated heterocycles. The Bertz CT molecular complexity index is 806. The second-order valence-corrected chi connectivity index (χ2v) is 6.22. The minimum absolute atomic E-state index is 0.255. The summed E-state index contributed by atoms with van der Waals surface area (Å²) in [4.78, 5) is 0. The van der Waals surface area contributed by atoms with Crippen LogP contribution in [0.5, 0.6) is 11.5 Å². The van der Waals surface area contributed by atoms with Crippen molar-refractivity contribution in [2.24, 2.45) is 5.92 Å². The molecular weight excluding hydrogens is 300 g/mol. The van der Waals surface area contributed by atoms with Crippen molar-refractivity contribution < 1.29 is 9.84 Å². The van der Waals surface area contributed by atoms with Crippen molar-refractivity contribution >= 4 is 0 Å². The van der Waals surface area contributed by atoms with Gasteiger partial charge in [-0.3, -0.25) is 0 Å². The molecule has 124 valence electrons. The van der Waals surface area contributed by atoms with Gasteiger partial charge in [0.2, 0.25) is 0 Å². The van der Waals surface area contributed by atoms with Crippen LogP contribution in [0.2, 0.25) is 0 Å². The smallest absolute Gasteiger partial charge is 0.165 e. The van der Waals surface area contributed by atoms with E-state index >= 15 is 0 Å². The van der Waals surface area contributed by atoms with E-state index < -0.39 is 0 Å². The van der Waals surface area contributed by atoms with Crippen LogP contribution in [0.15, 0.2) is 54.6 Å². The third-order valence-corrected chi connectivity index (χ3v) is 3.92. The third-order valence-electron chi connectivity index (χ3n) is 3.92. The summed E-state index contributed by atoms with van der Waals surface area (Å²) in [5.74, 6) is 1.46. The summed E-state index contributed by atoms with van der Waals surface area (Å²) in [6.07, 6.45) is 0.748. The number of methoxy groups -OCH3 is 1. The average molecular weight is 322 g/mol. The van der Waals surface area contributed by atoms with Gasteiger partial charge in [0.1, 0.15) is 11.4 Å². The lowest BCUT2D eigenvalue weighted by atomic mass is 10.1. The van der Waals surface area contributed by atoms with E-state index in [2.05, 4.69) is 18.9 Å². The first kappa shape index (κ1) is 16.1. The Kier molecular flexibility index (Phi) is 4.56. The predicted molar refractivity (Wildman–Crippen MR) is 95.8 cm³/mol. The first-order chi connectivity index (χ1) is 11.6. The summed E-state index contributed by atoms with van der Waals surface area (Å²) in [7, 11) is 1.65. The van der Waals surface area contributed by atoms with Gasteiger partial charge in [-0.2, -0.15) is 5.10 Å². The summed E-state index contributed by atoms with van der Waals surface area (Å²) < 4.78 is 7.05. The van der Waals surface area contributed by atoms with E-state index in [0.717, 1.165) is 29.1 Å². The van der Waals surface area contributed by atoms with E-state index in [1.165, 1.54) is 0 Å². The SMILES string of the molecule is COc1ccc(-n2nc(-c3ccccc3)c(O)c2CC(C)C)cc1. The van der Waals surface area contributed by atoms with Gasteiger partial charge in [0.05, 0.1) is 18.5 Å². The van der Waals surface area contributed by atoms with Gasteiger partial charge in [0.25, 0.3) is 0 Å². The number of aromatic hydroxyl groups is 1. The molecule has 0 atom stereocenters. The third kappa shape index (κ3) is 3.13. The van der Waals surface area contributed by atoms with Crippen LogP contribution in [0.3, 0.4) is 0 Å². The fraction of sp³-hybridized carbons (Fsp3) is 0.250. The normalized spacial score (nSPS) is 11.0. The van der Waals surface area contributed by atoms with Crippen molar-refractivity contribution in [2.45, 2.75) is 20.3 Å². The van der Waals surface area contributed by atoms with E-state index in [1.807, 2.05) is 59.3 Å². The first-order valence-corrected chi connectivity index (χ1v) is 8.11. The fourth-order valence-corrected chi connectivity index (χ4v) is 2.74. The van der Waals surface area contributed by atoms with E-state index in [9.17, 15) is 5.11 Å². The van der Waals surface area contributed by atoms with E-state index in [4.69, 9.17) is 4.74 Å². The first-order valence-electron chi connectivity index (χ1n) is 8.11. The Hall–Kier alpha value is -2.75. The topological polar surface area (TPSA) is 47.3 Å². The molecule has 1 N–H and O–H groups in total. The van der Waals surface area contributed by atoms with Gasteiger partial charge in [0, 0.05) is 5.56 Å². The van der Waals surface area contributed by atoms with Gasteiger partial charge < -0.3 is 9.84 Å². The number of rotatable bonds is 5. The van der Waals surface area contributed by atoms with Crippen molar-refractivity contribution in [3.63, 3.8) is 0 Å². The molecule has 24 heavy (non-hydrogen) atoms. The molecular formula is C20H22N2O2. The molecule has 0 aliphatic carbocycles. The lowest BCUT2D eigenvalue weighted by Crippen LogP contribution is -2.05. The molecule has 0 aliphatic rings. The number of hydrogen-bond donors (Lipinski definition) is 1. The molecule has 0 amide bonds. The van der Waals surface area contributed by atoms with Crippen LogP contribution < -0.4 is 4.74 Å². The Balaban J connectivity index is 2.12. The van der Waals surface area contributed by atoms with Crippen LogP contribution in [0.1, 0.15) is 19.5 Å². The molecule has 0 spiro atoms. The van der Waals surface area contributed by atoms with Gasteiger partial charge in [-0.05, 0) is 36.6 Å². The zero-order valence-electron chi connectivity index (χ0n) is 14.2. The summed E-state index contributed by atoms with van der Waals surface area (Å²) >= 11 is 0. The quantitative estimate of drug-likeness (QED) is 0.755. The minimum atomic E-state index is 0.255. The average Bonchev–Trinajstić information content (AvgIpc) is 2.92. The van der Waals surface area contributed by atoms with E-state index in [1.54, 1.807) is 7.11 Å². The number of hydrogen-bond acceptors (Lipinski definition) is 3. The zero-order valence-corrected chi connectivity index (χ0v) is 14.2. The highest BCUT2D eigenvalue weighted by Crippen LogP contribution is 2.34. The number of aromatic nitrogens is 2. The van der Waals surface area contributed by atoms with Gasteiger partial charge in [0.15, 0.2) is 5.75 Å². The maximum atomic E-state index is 10.8. The van der Waals surface area contributed by atoms with Crippen molar-refractivity contribution in [1.29, 1.82) is 0 Å². The highest BCUT2D eigenvalue weighted by Gasteiger charge is 2.20. The van der Waals surface area contributed by atoms with E-state index in [0.29, 0.717) is 11.6 Å². The molecule has 4 heteroatoms. The monoisotopic (exact) mass is 322 g/mol. The number of benzene rings is 2. The molecule has 0 radical (unpaired) electrons. The molecule has 0 fully saturated rings. The van der Waals surface area contributed by atoms with Gasteiger partial charge in [-0.1, -0.05) is 44.2 Å². The Morgan fingerprint density at radius 2 is 1.71 bits per heavy atom. The molecule has 0 aliphatic heterocycles. The molecule has 0 bridgehead atoms. The van der Waals surface area contributed by atoms with Crippen LogP contribution in [-0.2, 0) is 6.42 Å². The minimum Gasteiger partial charge on any atom is -0.504 e. The van der Waals surface area contributed by atoms with Crippen LogP contribution in [0.25, 0.3) is 16.9 Å². The van der Waals surface area contributed by atoms with Gasteiger partial charge in [-0.25, -0.2) is 4.68 Å². The molecule has 0 saturated carbocycles. The molecule has 1 heterocycles. The summed E-state index contributed by atoms with van der Waals surface area (Å²) in [5.41, 5.74) is 3.26. The summed E-state index contributed by atoms with van der Waals surface area (Å²) in [6.45, 7) is 4.26. The molecule has 0 unspecified atom stereocenters.